The molecule has 1 rings (SSSR count). The number of amides is 1. The molecule has 98 valence electrons. The maximum Gasteiger partial charge on any atom is 0.372 e. The summed E-state index contributed by atoms with van der Waals surface area (Å²) in [4.78, 5) is 23.0. The zero-order valence-corrected chi connectivity index (χ0v) is 11.8. The molecule has 1 amide bonds. The molecule has 0 saturated heterocycles. The van der Waals surface area contributed by atoms with Crippen molar-refractivity contribution in [1.82, 2.24) is 5.32 Å². The largest absolute Gasteiger partial charge is 0.465 e. The molecule has 0 spiro atoms. The van der Waals surface area contributed by atoms with Crippen LogP contribution in [0.25, 0.3) is 0 Å². The number of halogens is 1. The number of carbonyl (C=O) groups is 2. The van der Waals surface area contributed by atoms with Gasteiger partial charge in [-0.25, -0.2) is 4.79 Å². The van der Waals surface area contributed by atoms with Crippen LogP contribution in [0.3, 0.4) is 0 Å². The lowest BCUT2D eigenvalue weighted by Crippen LogP contribution is -2.58. The molecule has 1 aliphatic rings. The Morgan fingerprint density at radius 3 is 2.72 bits per heavy atom. The first-order valence-electron chi connectivity index (χ1n) is 5.22. The Labute approximate surface area is 113 Å². The molecule has 0 aliphatic carbocycles. The van der Waals surface area contributed by atoms with Crippen LogP contribution in [0.15, 0.2) is 10.2 Å². The zero-order chi connectivity index (χ0) is 13.9. The molecule has 2 atom stereocenters. The lowest BCUT2D eigenvalue weighted by Gasteiger charge is -2.37. The van der Waals surface area contributed by atoms with E-state index >= 15 is 0 Å². The number of esters is 1. The number of nitrogens with one attached hydrogen (secondary N) is 1. The lowest BCUT2D eigenvalue weighted by molar-refractivity contribution is -0.174. The number of ether oxygens (including phenoxy) is 2. The van der Waals surface area contributed by atoms with Gasteiger partial charge in [0.15, 0.2) is 0 Å². The van der Waals surface area contributed by atoms with Crippen molar-refractivity contribution in [3.63, 3.8) is 0 Å². The first kappa shape index (κ1) is 14.5. The first-order valence-corrected chi connectivity index (χ1v) is 6.01. The molecule has 0 aromatic rings. The van der Waals surface area contributed by atoms with Crippen molar-refractivity contribution >= 4 is 27.8 Å². The normalized spacial score (nSPS) is 26.9. The predicted octanol–water partition coefficient (Wildman–Crippen LogP) is 1.18. The van der Waals surface area contributed by atoms with Gasteiger partial charge in [-0.05, 0) is 5.92 Å². The van der Waals surface area contributed by atoms with Crippen molar-refractivity contribution in [3.05, 3.63) is 10.2 Å². The molecule has 0 aromatic heterocycles. The topological polar surface area (TPSA) is 88.4 Å². The highest BCUT2D eigenvalue weighted by atomic mass is 79.9. The van der Waals surface area contributed by atoms with Gasteiger partial charge in [0.2, 0.25) is 11.7 Å². The summed E-state index contributed by atoms with van der Waals surface area (Å²) in [5, 5.41) is 11.4. The van der Waals surface area contributed by atoms with Crippen LogP contribution in [-0.2, 0) is 19.1 Å². The maximum atomic E-state index is 11.8. The summed E-state index contributed by atoms with van der Waals surface area (Å²) in [7, 11) is 1.19. The second-order valence-electron chi connectivity index (χ2n) is 4.00. The van der Waals surface area contributed by atoms with Crippen LogP contribution in [0.4, 0.5) is 0 Å². The number of carbonyl (C=O) groups excluding carboxylic acids is 2. The number of methoxy groups -OCH3 is 1. The molecule has 0 aromatic carbocycles. The van der Waals surface area contributed by atoms with Crippen LogP contribution >= 0.6 is 15.9 Å². The predicted molar refractivity (Wildman–Crippen MR) is 65.0 cm³/mol. The fourth-order valence-corrected chi connectivity index (χ4v) is 2.12. The van der Waals surface area contributed by atoms with Crippen LogP contribution in [0, 0.1) is 17.2 Å². The Kier molecular flexibility index (Phi) is 4.35. The second kappa shape index (κ2) is 5.40. The third-order valence-corrected chi connectivity index (χ3v) is 3.66. The molecular formula is C11H13BrN2O4. The summed E-state index contributed by atoms with van der Waals surface area (Å²) in [6.45, 7) is 3.07. The van der Waals surface area contributed by atoms with E-state index in [2.05, 4.69) is 26.0 Å². The minimum absolute atomic E-state index is 0.0344. The molecule has 1 aliphatic heterocycles. The number of nitrogens with zero attached hydrogens (tertiary/aromatic N) is 1. The van der Waals surface area contributed by atoms with E-state index in [0.29, 0.717) is 4.48 Å². The Morgan fingerprint density at radius 2 is 2.28 bits per heavy atom. The maximum absolute atomic E-state index is 11.8. The molecule has 0 bridgehead atoms. The SMILES string of the molecule is COC(=O)[C@]1(NC(C)=O)C[C@H](C)C(Br)=C(C#N)O1. The number of allylic oxidation sites excluding steroid dienone is 2. The lowest BCUT2D eigenvalue weighted by atomic mass is 9.94. The molecule has 0 fully saturated rings. The van der Waals surface area contributed by atoms with Crippen LogP contribution in [0.2, 0.25) is 0 Å². The molecule has 1 heterocycles. The Morgan fingerprint density at radius 1 is 1.67 bits per heavy atom. The van der Waals surface area contributed by atoms with Crippen molar-refractivity contribution in [3.8, 4) is 6.07 Å². The van der Waals surface area contributed by atoms with E-state index in [9.17, 15) is 9.59 Å². The van der Waals surface area contributed by atoms with Gasteiger partial charge in [-0.3, -0.25) is 4.79 Å². The highest BCUT2D eigenvalue weighted by Crippen LogP contribution is 2.37. The number of hydrogen-bond acceptors (Lipinski definition) is 5. The van der Waals surface area contributed by atoms with E-state index in [0.717, 1.165) is 0 Å². The van der Waals surface area contributed by atoms with Crippen molar-refractivity contribution in [2.75, 3.05) is 7.11 Å². The minimum atomic E-state index is -1.64. The average Bonchev–Trinajstić information content (AvgIpc) is 2.31. The van der Waals surface area contributed by atoms with Gasteiger partial charge >= 0.3 is 5.97 Å². The van der Waals surface area contributed by atoms with Gasteiger partial charge in [-0.1, -0.05) is 22.9 Å². The van der Waals surface area contributed by atoms with Crippen LogP contribution in [0.5, 0.6) is 0 Å². The van der Waals surface area contributed by atoms with Gasteiger partial charge in [-0.2, -0.15) is 5.26 Å². The van der Waals surface area contributed by atoms with Gasteiger partial charge in [0.25, 0.3) is 5.72 Å². The summed E-state index contributed by atoms with van der Waals surface area (Å²) < 4.78 is 10.5. The van der Waals surface area contributed by atoms with Gasteiger partial charge in [0.1, 0.15) is 6.07 Å². The van der Waals surface area contributed by atoms with E-state index in [1.54, 1.807) is 0 Å². The molecule has 7 heteroatoms. The Balaban J connectivity index is 3.20. The molecular weight excluding hydrogens is 304 g/mol. The Hall–Kier alpha value is -1.55. The number of rotatable bonds is 2. The standard InChI is InChI=1S/C11H13BrN2O4/c1-6-4-11(10(16)17-3,14-7(2)15)18-8(5-13)9(6)12/h6H,4H2,1-3H3,(H,14,15)/t6-,11-/m0/s1. The minimum Gasteiger partial charge on any atom is -0.465 e. The summed E-state index contributed by atoms with van der Waals surface area (Å²) in [5.74, 6) is -1.37. The quantitative estimate of drug-likeness (QED) is 0.773. The first-order chi connectivity index (χ1) is 8.36. The monoisotopic (exact) mass is 316 g/mol. The third-order valence-electron chi connectivity index (χ3n) is 2.51. The Bertz CT molecular complexity index is 454. The highest BCUT2D eigenvalue weighted by molar-refractivity contribution is 9.11. The molecule has 0 saturated carbocycles. The molecule has 18 heavy (non-hydrogen) atoms. The van der Waals surface area contributed by atoms with E-state index < -0.39 is 17.6 Å². The summed E-state index contributed by atoms with van der Waals surface area (Å²) in [5.41, 5.74) is -1.64. The van der Waals surface area contributed by atoms with Crippen molar-refractivity contribution in [2.24, 2.45) is 5.92 Å². The van der Waals surface area contributed by atoms with Crippen LogP contribution in [0.1, 0.15) is 20.3 Å². The highest BCUT2D eigenvalue weighted by Gasteiger charge is 2.48. The number of nitriles is 1. The van der Waals surface area contributed by atoms with E-state index in [4.69, 9.17) is 10.00 Å². The van der Waals surface area contributed by atoms with Crippen molar-refractivity contribution < 1.29 is 19.1 Å². The average molecular weight is 317 g/mol. The fraction of sp³-hybridized carbons (Fsp3) is 0.545. The van der Waals surface area contributed by atoms with Crippen LogP contribution in [-0.4, -0.2) is 24.7 Å². The molecule has 0 unspecified atom stereocenters. The third kappa shape index (κ3) is 2.64. The van der Waals surface area contributed by atoms with Gasteiger partial charge in [0, 0.05) is 13.3 Å². The van der Waals surface area contributed by atoms with Gasteiger partial charge in [0.05, 0.1) is 11.6 Å². The van der Waals surface area contributed by atoms with E-state index in [1.807, 2.05) is 13.0 Å². The summed E-state index contributed by atoms with van der Waals surface area (Å²) in [6, 6.07) is 1.84. The molecule has 0 radical (unpaired) electrons. The smallest absolute Gasteiger partial charge is 0.372 e. The fourth-order valence-electron chi connectivity index (χ4n) is 1.79. The second-order valence-corrected chi connectivity index (χ2v) is 4.85. The van der Waals surface area contributed by atoms with E-state index in [-0.39, 0.29) is 18.1 Å². The van der Waals surface area contributed by atoms with Gasteiger partial charge < -0.3 is 14.8 Å². The molecule has 1 N–H and O–H groups in total. The van der Waals surface area contributed by atoms with E-state index in [1.165, 1.54) is 14.0 Å². The van der Waals surface area contributed by atoms with Crippen LogP contribution < -0.4 is 5.32 Å². The summed E-state index contributed by atoms with van der Waals surface area (Å²) >= 11 is 3.24. The van der Waals surface area contributed by atoms with Gasteiger partial charge in [-0.15, -0.1) is 0 Å². The zero-order valence-electron chi connectivity index (χ0n) is 10.2. The molecule has 6 nitrogen and oxygen atoms in total. The van der Waals surface area contributed by atoms with Crippen molar-refractivity contribution in [2.45, 2.75) is 26.0 Å². The van der Waals surface area contributed by atoms with Crippen molar-refractivity contribution in [1.29, 1.82) is 5.26 Å². The number of hydrogen-bond donors (Lipinski definition) is 1. The summed E-state index contributed by atoms with van der Waals surface area (Å²) in [6.07, 6.45) is 0.186.